The number of hydrogen-bond donors (Lipinski definition) is 1. The molecular weight excluding hydrogens is 422 g/mol. The summed E-state index contributed by atoms with van der Waals surface area (Å²) in [5.41, 5.74) is 5.32. The molecule has 2 heterocycles. The van der Waals surface area contributed by atoms with Gasteiger partial charge in [0.2, 0.25) is 0 Å². The van der Waals surface area contributed by atoms with E-state index in [0.29, 0.717) is 5.69 Å². The molecule has 1 aromatic heterocycles. The number of nitrogens with one attached hydrogen (secondary N) is 1. The molecule has 0 atom stereocenters. The summed E-state index contributed by atoms with van der Waals surface area (Å²) in [5.74, 6) is -0.174. The van der Waals surface area contributed by atoms with Crippen molar-refractivity contribution in [3.63, 3.8) is 0 Å². The van der Waals surface area contributed by atoms with Crippen molar-refractivity contribution in [3.05, 3.63) is 82.7 Å². The summed E-state index contributed by atoms with van der Waals surface area (Å²) in [6.45, 7) is 5.86. The second kappa shape index (κ2) is 8.43. The van der Waals surface area contributed by atoms with E-state index in [2.05, 4.69) is 5.32 Å². The Balaban J connectivity index is 1.71. The van der Waals surface area contributed by atoms with Crippen LogP contribution in [-0.2, 0) is 9.59 Å². The third-order valence-electron chi connectivity index (χ3n) is 5.61. The van der Waals surface area contributed by atoms with Gasteiger partial charge in [-0.15, -0.1) is 0 Å². The standard InChI is InChI=1S/C25H23N3O3S/c1-15-6-5-7-22(17(15)3)28-24(30)21(23(29)26-25(28)32)13-18-12-16(2)27(14-18)19-8-10-20(31-4)11-9-19/h5-14H,1-4H3,(H,26,29,32)/b21-13-. The van der Waals surface area contributed by atoms with Crippen LogP contribution >= 0.6 is 12.2 Å². The van der Waals surface area contributed by atoms with Crippen LogP contribution in [0.5, 0.6) is 5.75 Å². The van der Waals surface area contributed by atoms with Crippen molar-refractivity contribution in [2.75, 3.05) is 12.0 Å². The molecule has 1 fully saturated rings. The first kappa shape index (κ1) is 21.5. The number of amides is 2. The summed E-state index contributed by atoms with van der Waals surface area (Å²) in [7, 11) is 1.62. The number of methoxy groups -OCH3 is 1. The summed E-state index contributed by atoms with van der Waals surface area (Å²) in [6, 6.07) is 15.2. The van der Waals surface area contributed by atoms with Crippen molar-refractivity contribution < 1.29 is 14.3 Å². The minimum absolute atomic E-state index is 0.0337. The molecule has 0 unspecified atom stereocenters. The van der Waals surface area contributed by atoms with Crippen LogP contribution in [0.3, 0.4) is 0 Å². The molecule has 3 aromatic rings. The van der Waals surface area contributed by atoms with Crippen molar-refractivity contribution in [1.82, 2.24) is 9.88 Å². The monoisotopic (exact) mass is 445 g/mol. The van der Waals surface area contributed by atoms with Crippen molar-refractivity contribution in [3.8, 4) is 11.4 Å². The van der Waals surface area contributed by atoms with Gasteiger partial charge in [-0.3, -0.25) is 19.8 Å². The fraction of sp³-hybridized carbons (Fsp3) is 0.160. The zero-order valence-corrected chi connectivity index (χ0v) is 19.1. The highest BCUT2D eigenvalue weighted by atomic mass is 32.1. The van der Waals surface area contributed by atoms with E-state index in [9.17, 15) is 9.59 Å². The molecule has 1 aliphatic heterocycles. The molecule has 32 heavy (non-hydrogen) atoms. The molecule has 0 saturated carbocycles. The van der Waals surface area contributed by atoms with E-state index in [1.165, 1.54) is 4.90 Å². The summed E-state index contributed by atoms with van der Waals surface area (Å²) in [5, 5.41) is 2.73. The third kappa shape index (κ3) is 3.83. The average molecular weight is 446 g/mol. The van der Waals surface area contributed by atoms with E-state index in [0.717, 1.165) is 33.8 Å². The van der Waals surface area contributed by atoms with E-state index in [1.54, 1.807) is 13.2 Å². The number of carbonyl (C=O) groups excluding carboxylic acids is 2. The number of rotatable bonds is 4. The van der Waals surface area contributed by atoms with Gasteiger partial charge in [0.15, 0.2) is 5.11 Å². The summed E-state index contributed by atoms with van der Waals surface area (Å²) >= 11 is 5.32. The largest absolute Gasteiger partial charge is 0.497 e. The number of aromatic nitrogens is 1. The molecule has 2 aromatic carbocycles. The number of thiocarbonyl (C=S) groups is 1. The predicted octanol–water partition coefficient (Wildman–Crippen LogP) is 4.24. The van der Waals surface area contributed by atoms with E-state index in [1.807, 2.05) is 80.1 Å². The Morgan fingerprint density at radius 3 is 2.44 bits per heavy atom. The lowest BCUT2D eigenvalue weighted by atomic mass is 10.0. The Morgan fingerprint density at radius 2 is 1.75 bits per heavy atom. The molecule has 162 valence electrons. The number of anilines is 1. The Bertz CT molecular complexity index is 1270. The molecule has 2 amide bonds. The number of benzene rings is 2. The first-order chi connectivity index (χ1) is 15.3. The Kier molecular flexibility index (Phi) is 5.67. The highest BCUT2D eigenvalue weighted by Gasteiger charge is 2.35. The molecule has 1 saturated heterocycles. The molecule has 1 aliphatic rings. The Morgan fingerprint density at radius 1 is 1.03 bits per heavy atom. The Labute approximate surface area is 192 Å². The van der Waals surface area contributed by atoms with Crippen molar-refractivity contribution in [2.45, 2.75) is 20.8 Å². The fourth-order valence-electron chi connectivity index (χ4n) is 3.72. The van der Waals surface area contributed by atoms with Gasteiger partial charge in [-0.05, 0) is 92.2 Å². The van der Waals surface area contributed by atoms with Crippen molar-refractivity contribution in [2.24, 2.45) is 0 Å². The minimum atomic E-state index is -0.503. The molecule has 4 rings (SSSR count). The number of nitrogens with zero attached hydrogens (tertiary/aromatic N) is 2. The number of carbonyl (C=O) groups is 2. The summed E-state index contributed by atoms with van der Waals surface area (Å²) in [6.07, 6.45) is 3.49. The van der Waals surface area contributed by atoms with Gasteiger partial charge in [0, 0.05) is 17.6 Å². The average Bonchev–Trinajstić information content (AvgIpc) is 3.14. The molecule has 1 N–H and O–H groups in total. The lowest BCUT2D eigenvalue weighted by Crippen LogP contribution is -2.54. The van der Waals surface area contributed by atoms with E-state index < -0.39 is 11.8 Å². The van der Waals surface area contributed by atoms with Crippen LogP contribution in [0.15, 0.2) is 60.3 Å². The number of aryl methyl sites for hydroxylation is 2. The van der Waals surface area contributed by atoms with Crippen LogP contribution in [0, 0.1) is 20.8 Å². The fourth-order valence-corrected chi connectivity index (χ4v) is 3.99. The zero-order chi connectivity index (χ0) is 23.0. The van der Waals surface area contributed by atoms with Crippen LogP contribution in [0.1, 0.15) is 22.4 Å². The maximum atomic E-state index is 13.3. The predicted molar refractivity (Wildman–Crippen MR) is 129 cm³/mol. The van der Waals surface area contributed by atoms with Gasteiger partial charge in [-0.25, -0.2) is 0 Å². The van der Waals surface area contributed by atoms with Crippen LogP contribution in [0.4, 0.5) is 5.69 Å². The maximum absolute atomic E-state index is 13.3. The SMILES string of the molecule is COc1ccc(-n2cc(/C=C3/C(=O)NC(=S)N(c4cccc(C)c4C)C3=O)cc2C)cc1. The first-order valence-electron chi connectivity index (χ1n) is 10.1. The molecule has 0 bridgehead atoms. The molecule has 6 nitrogen and oxygen atoms in total. The second-order valence-corrected chi connectivity index (χ2v) is 8.05. The molecule has 7 heteroatoms. The number of hydrogen-bond acceptors (Lipinski definition) is 4. The quantitative estimate of drug-likeness (QED) is 0.371. The third-order valence-corrected chi connectivity index (χ3v) is 5.90. The lowest BCUT2D eigenvalue weighted by Gasteiger charge is -2.30. The maximum Gasteiger partial charge on any atom is 0.270 e. The van der Waals surface area contributed by atoms with E-state index in [-0.39, 0.29) is 10.7 Å². The smallest absolute Gasteiger partial charge is 0.270 e. The Hall–Kier alpha value is -3.71. The van der Waals surface area contributed by atoms with Crippen molar-refractivity contribution in [1.29, 1.82) is 0 Å². The van der Waals surface area contributed by atoms with Crippen molar-refractivity contribution >= 4 is 40.9 Å². The van der Waals surface area contributed by atoms with Gasteiger partial charge in [-0.2, -0.15) is 0 Å². The van der Waals surface area contributed by atoms with Crippen LogP contribution in [-0.4, -0.2) is 28.6 Å². The van der Waals surface area contributed by atoms with E-state index in [4.69, 9.17) is 17.0 Å². The number of ether oxygens (including phenoxy) is 1. The zero-order valence-electron chi connectivity index (χ0n) is 18.3. The first-order valence-corrected chi connectivity index (χ1v) is 10.5. The summed E-state index contributed by atoms with van der Waals surface area (Å²) < 4.78 is 7.21. The van der Waals surface area contributed by atoms with Gasteiger partial charge in [0.1, 0.15) is 11.3 Å². The van der Waals surface area contributed by atoms with Crippen LogP contribution < -0.4 is 15.0 Å². The topological polar surface area (TPSA) is 63.6 Å². The normalized spacial score (nSPS) is 15.3. The molecule has 0 spiro atoms. The molecule has 0 aliphatic carbocycles. The summed E-state index contributed by atoms with van der Waals surface area (Å²) in [4.78, 5) is 27.4. The lowest BCUT2D eigenvalue weighted by molar-refractivity contribution is -0.122. The van der Waals surface area contributed by atoms with Crippen LogP contribution in [0.25, 0.3) is 11.8 Å². The van der Waals surface area contributed by atoms with Gasteiger partial charge in [-0.1, -0.05) is 12.1 Å². The highest BCUT2D eigenvalue weighted by Crippen LogP contribution is 2.27. The van der Waals surface area contributed by atoms with Gasteiger partial charge in [0.05, 0.1) is 12.8 Å². The molecule has 0 radical (unpaired) electrons. The molecular formula is C25H23N3O3S. The van der Waals surface area contributed by atoms with Gasteiger partial charge in [0.25, 0.3) is 11.8 Å². The van der Waals surface area contributed by atoms with Gasteiger partial charge < -0.3 is 9.30 Å². The second-order valence-electron chi connectivity index (χ2n) is 7.66. The van der Waals surface area contributed by atoms with Gasteiger partial charge >= 0.3 is 0 Å². The van der Waals surface area contributed by atoms with Crippen LogP contribution in [0.2, 0.25) is 0 Å². The minimum Gasteiger partial charge on any atom is -0.497 e. The van der Waals surface area contributed by atoms with E-state index >= 15 is 0 Å². The highest BCUT2D eigenvalue weighted by molar-refractivity contribution is 7.80.